The van der Waals surface area contributed by atoms with Gasteiger partial charge in [-0.1, -0.05) is 6.92 Å². The lowest BCUT2D eigenvalue weighted by atomic mass is 10.3. The average Bonchev–Trinajstić information content (AvgIpc) is 1.64. The van der Waals surface area contributed by atoms with E-state index in [1.165, 1.54) is 0 Å². The van der Waals surface area contributed by atoms with Crippen LogP contribution < -0.4 is 0 Å². The Morgan fingerprint density at radius 3 is 2.00 bits per heavy atom. The Morgan fingerprint density at radius 2 is 2.00 bits per heavy atom. The van der Waals surface area contributed by atoms with Crippen molar-refractivity contribution >= 4 is 21.3 Å². The lowest BCUT2D eigenvalue weighted by Gasteiger charge is -1.99. The topological polar surface area (TPSA) is 37.3 Å². The summed E-state index contributed by atoms with van der Waals surface area (Å²) < 4.78 is 0. The molecular weight excluding hydrogens is 136 g/mol. The van der Waals surface area contributed by atoms with Gasteiger partial charge in [-0.15, -0.1) is 0 Å². The molecule has 0 radical (unpaired) electrons. The van der Waals surface area contributed by atoms with Crippen LogP contribution in [0.5, 0.6) is 0 Å². The molecule has 0 unspecified atom stereocenters. The van der Waals surface area contributed by atoms with Crippen LogP contribution in [0.25, 0.3) is 0 Å². The van der Waals surface area contributed by atoms with Crippen molar-refractivity contribution in [2.24, 2.45) is 0 Å². The molecule has 1 N–H and O–H groups in total. The van der Waals surface area contributed by atoms with E-state index in [0.29, 0.717) is 11.3 Å². The maximum absolute atomic E-state index is 10.3. The van der Waals surface area contributed by atoms with Crippen molar-refractivity contribution in [2.45, 2.75) is 13.3 Å². The smallest absolute Gasteiger partial charge is 0.337 e. The Bertz CT molecular complexity index is 145. The highest BCUT2D eigenvalue weighted by Gasteiger charge is 2.03. The summed E-state index contributed by atoms with van der Waals surface area (Å²) in [7, 11) is -0.0664. The Labute approximate surface area is 57.8 Å². The zero-order valence-electron chi connectivity index (χ0n) is 5.97. The van der Waals surface area contributed by atoms with Crippen LogP contribution in [0, 0.1) is 0 Å². The summed E-state index contributed by atoms with van der Waals surface area (Å²) in [6.07, 6.45) is 4.51. The van der Waals surface area contributed by atoms with Gasteiger partial charge in [-0.05, 0) is 18.9 Å². The lowest BCUT2D eigenvalue weighted by molar-refractivity contribution is -0.129. The Balaban J connectivity index is 4.35. The van der Waals surface area contributed by atoms with Gasteiger partial charge in [-0.25, -0.2) is 4.79 Å². The molecule has 0 atom stereocenters. The minimum Gasteiger partial charge on any atom is -0.478 e. The first-order valence-corrected chi connectivity index (χ1v) is 4.80. The molecule has 0 aromatic heterocycles. The summed E-state index contributed by atoms with van der Waals surface area (Å²) in [6, 6.07) is 0. The number of aliphatic carboxylic acids is 1. The summed E-state index contributed by atoms with van der Waals surface area (Å²) in [5.41, 5.74) is 0. The third-order valence-corrected chi connectivity index (χ3v) is 2.50. The summed E-state index contributed by atoms with van der Waals surface area (Å²) >= 11 is 0. The van der Waals surface area contributed by atoms with E-state index in [1.54, 1.807) is 0 Å². The van der Waals surface area contributed by atoms with Crippen LogP contribution in [0.2, 0.25) is 0 Å². The van der Waals surface area contributed by atoms with Gasteiger partial charge in [0.1, 0.15) is 0 Å². The summed E-state index contributed by atoms with van der Waals surface area (Å²) in [6.45, 7) is 1.87. The van der Waals surface area contributed by atoms with E-state index in [-0.39, 0.29) is 10.5 Å². The van der Waals surface area contributed by atoms with E-state index >= 15 is 0 Å². The van der Waals surface area contributed by atoms with Gasteiger partial charge in [0.2, 0.25) is 0 Å². The molecule has 0 aromatic rings. The van der Waals surface area contributed by atoms with Gasteiger partial charge >= 0.3 is 5.97 Å². The van der Waals surface area contributed by atoms with Gasteiger partial charge in [-0.2, -0.15) is 10.5 Å². The first kappa shape index (κ1) is 8.69. The predicted octanol–water partition coefficient (Wildman–Crippen LogP) is 1.18. The molecule has 0 aliphatic heterocycles. The second-order valence-corrected chi connectivity index (χ2v) is 4.02. The van der Waals surface area contributed by atoms with Crippen molar-refractivity contribution < 1.29 is 9.90 Å². The fourth-order valence-electron chi connectivity index (χ4n) is 0.615. The molecule has 0 aromatic carbocycles. The first-order chi connectivity index (χ1) is 4.09. The minimum atomic E-state index is -0.745. The monoisotopic (exact) mass is 148 g/mol. The molecule has 0 saturated carbocycles. The molecule has 0 spiro atoms. The van der Waals surface area contributed by atoms with Crippen LogP contribution in [0.15, 0.2) is 0 Å². The molecule has 9 heavy (non-hydrogen) atoms. The maximum Gasteiger partial charge on any atom is 0.337 e. The highest BCUT2D eigenvalue weighted by molar-refractivity contribution is 8.15. The maximum atomic E-state index is 10.3. The van der Waals surface area contributed by atoms with Crippen molar-refractivity contribution in [1.82, 2.24) is 0 Å². The Hall–Kier alpha value is -0.310. The van der Waals surface area contributed by atoms with Crippen LogP contribution in [-0.4, -0.2) is 28.5 Å². The normalized spacial score (nSPS) is 9.78. The van der Waals surface area contributed by atoms with E-state index < -0.39 is 5.97 Å². The summed E-state index contributed by atoms with van der Waals surface area (Å²) in [5.74, 6) is -0.745. The zero-order chi connectivity index (χ0) is 7.44. The van der Waals surface area contributed by atoms with Gasteiger partial charge in [-0.3, -0.25) is 0 Å². The van der Waals surface area contributed by atoms with Crippen LogP contribution >= 0.6 is 10.5 Å². The lowest BCUT2D eigenvalue weighted by Crippen LogP contribution is -2.10. The fraction of sp³-hybridized carbons (Fsp3) is 0.667. The van der Waals surface area contributed by atoms with Crippen LogP contribution in [0.3, 0.4) is 0 Å². The third-order valence-electron chi connectivity index (χ3n) is 1.05. The highest BCUT2D eigenvalue weighted by atomic mass is 32.2. The molecule has 0 aliphatic rings. The van der Waals surface area contributed by atoms with Crippen molar-refractivity contribution in [3.8, 4) is 0 Å². The van der Waals surface area contributed by atoms with Crippen LogP contribution in [0.1, 0.15) is 13.3 Å². The molecule has 0 saturated heterocycles. The Kier molecular flexibility index (Phi) is 3.54. The number of carboxylic acids is 1. The van der Waals surface area contributed by atoms with Gasteiger partial charge in [0.25, 0.3) is 0 Å². The van der Waals surface area contributed by atoms with Crippen LogP contribution in [-0.2, 0) is 4.79 Å². The fourth-order valence-corrected chi connectivity index (χ4v) is 1.54. The number of hydrogen-bond donors (Lipinski definition) is 1. The van der Waals surface area contributed by atoms with Gasteiger partial charge in [0, 0.05) is 0 Å². The molecule has 0 amide bonds. The zero-order valence-corrected chi connectivity index (χ0v) is 6.79. The minimum absolute atomic E-state index is 0.0664. The summed E-state index contributed by atoms with van der Waals surface area (Å²) in [5, 5.41) is 8.51. The van der Waals surface area contributed by atoms with Crippen molar-refractivity contribution in [3.05, 3.63) is 0 Å². The number of carboxylic acid groups (broad SMARTS) is 1. The van der Waals surface area contributed by atoms with Gasteiger partial charge < -0.3 is 5.11 Å². The van der Waals surface area contributed by atoms with Crippen molar-refractivity contribution in [3.63, 3.8) is 0 Å². The van der Waals surface area contributed by atoms with E-state index in [9.17, 15) is 4.79 Å². The number of hydrogen-bond acceptors (Lipinski definition) is 1. The number of rotatable bonds is 2. The first-order valence-electron chi connectivity index (χ1n) is 2.76. The second-order valence-electron chi connectivity index (χ2n) is 1.90. The summed E-state index contributed by atoms with van der Waals surface area (Å²) in [4.78, 5) is 11.0. The molecule has 0 aliphatic carbocycles. The molecule has 2 nitrogen and oxygen atoms in total. The SMILES string of the molecule is CCC(C(=O)O)=S(C)C. The standard InChI is InChI=1S/C6H12O2S/c1-4-5(6(7)8)9(2)3/h4H2,1-3H3,(H,7,8). The second kappa shape index (κ2) is 3.67. The predicted molar refractivity (Wildman–Crippen MR) is 42.4 cm³/mol. The van der Waals surface area contributed by atoms with Crippen molar-refractivity contribution in [1.29, 1.82) is 0 Å². The molecule has 0 heterocycles. The van der Waals surface area contributed by atoms with Crippen LogP contribution in [0.4, 0.5) is 0 Å². The largest absolute Gasteiger partial charge is 0.478 e. The molecular formula is C6H12O2S. The highest BCUT2D eigenvalue weighted by Crippen LogP contribution is 2.05. The molecule has 54 valence electrons. The van der Waals surface area contributed by atoms with E-state index in [0.717, 1.165) is 0 Å². The quantitative estimate of drug-likeness (QED) is 0.597. The van der Waals surface area contributed by atoms with E-state index in [2.05, 4.69) is 0 Å². The third kappa shape index (κ3) is 2.65. The molecule has 0 rings (SSSR count). The van der Waals surface area contributed by atoms with Gasteiger partial charge in [0.05, 0.1) is 4.86 Å². The van der Waals surface area contributed by atoms with E-state index in [4.69, 9.17) is 5.11 Å². The molecule has 0 fully saturated rings. The molecule has 0 bridgehead atoms. The van der Waals surface area contributed by atoms with Crippen molar-refractivity contribution in [2.75, 3.05) is 12.5 Å². The van der Waals surface area contributed by atoms with E-state index in [1.807, 2.05) is 19.4 Å². The van der Waals surface area contributed by atoms with Gasteiger partial charge in [0.15, 0.2) is 0 Å². The Morgan fingerprint density at radius 1 is 1.56 bits per heavy atom. The average molecular weight is 148 g/mol. The molecule has 3 heteroatoms. The number of carbonyl (C=O) groups is 1.